The first kappa shape index (κ1) is 14.4. The first-order chi connectivity index (χ1) is 10.1. The molecule has 1 saturated heterocycles. The number of carbonyl (C=O) groups is 1. The van der Waals surface area contributed by atoms with E-state index in [2.05, 4.69) is 36.1 Å². The van der Waals surface area contributed by atoms with Gasteiger partial charge in [-0.25, -0.2) is 0 Å². The molecule has 1 aromatic rings. The number of anilines is 1. The van der Waals surface area contributed by atoms with Crippen LogP contribution in [0, 0.1) is 11.8 Å². The highest BCUT2D eigenvalue weighted by Crippen LogP contribution is 2.39. The largest absolute Gasteiger partial charge is 0.372 e. The summed E-state index contributed by atoms with van der Waals surface area (Å²) in [7, 11) is 1.92. The second kappa shape index (κ2) is 6.08. The molecule has 1 saturated carbocycles. The van der Waals surface area contributed by atoms with Crippen molar-refractivity contribution >= 4 is 11.6 Å². The average Bonchev–Trinajstić information content (AvgIpc) is 3.25. The molecule has 0 N–H and O–H groups in total. The number of amides is 1. The molecule has 0 radical (unpaired) electrons. The number of benzene rings is 1. The number of carbonyl (C=O) groups excluding carboxylic acids is 1. The maximum Gasteiger partial charge on any atom is 0.226 e. The van der Waals surface area contributed by atoms with Crippen LogP contribution in [-0.4, -0.2) is 30.9 Å². The number of hydrogen-bond donors (Lipinski definition) is 0. The average molecular weight is 286 g/mol. The lowest BCUT2D eigenvalue weighted by Gasteiger charge is -2.29. The lowest BCUT2D eigenvalue weighted by Crippen LogP contribution is -2.29. The molecule has 0 spiro atoms. The molecule has 114 valence electrons. The van der Waals surface area contributed by atoms with Crippen molar-refractivity contribution in [1.82, 2.24) is 4.90 Å². The minimum absolute atomic E-state index is 0.280. The van der Waals surface area contributed by atoms with E-state index in [0.29, 0.717) is 11.8 Å². The molecular formula is C18H26N2O. The zero-order chi connectivity index (χ0) is 14.8. The molecule has 21 heavy (non-hydrogen) atoms. The first-order valence-corrected chi connectivity index (χ1v) is 8.24. The van der Waals surface area contributed by atoms with Crippen LogP contribution in [-0.2, 0) is 11.3 Å². The van der Waals surface area contributed by atoms with Crippen molar-refractivity contribution < 1.29 is 4.79 Å². The summed E-state index contributed by atoms with van der Waals surface area (Å²) in [6.07, 6.45) is 5.04. The summed E-state index contributed by atoms with van der Waals surface area (Å²) in [6.45, 7) is 5.24. The maximum atomic E-state index is 12.2. The zero-order valence-electron chi connectivity index (χ0n) is 13.2. The Morgan fingerprint density at radius 1 is 1.19 bits per heavy atom. The van der Waals surface area contributed by atoms with Crippen molar-refractivity contribution in [2.24, 2.45) is 11.8 Å². The minimum Gasteiger partial charge on any atom is -0.372 e. The van der Waals surface area contributed by atoms with Gasteiger partial charge in [-0.2, -0.15) is 0 Å². The van der Waals surface area contributed by atoms with Gasteiger partial charge < -0.3 is 9.80 Å². The minimum atomic E-state index is 0.280. The molecule has 2 aliphatic rings. The number of piperidine rings is 1. The standard InChI is InChI=1S/C18H26N2O/c1-14-12-17(14)18(21)19(2)13-15-6-8-16(9-7-15)20-10-4-3-5-11-20/h6-9,14,17H,3-5,10-13H2,1-2H3. The fourth-order valence-electron chi connectivity index (χ4n) is 3.27. The molecule has 1 aliphatic heterocycles. The van der Waals surface area contributed by atoms with Crippen molar-refractivity contribution in [2.75, 3.05) is 25.0 Å². The van der Waals surface area contributed by atoms with Crippen molar-refractivity contribution in [3.63, 3.8) is 0 Å². The van der Waals surface area contributed by atoms with E-state index in [0.717, 1.165) is 13.0 Å². The van der Waals surface area contributed by atoms with Gasteiger partial charge >= 0.3 is 0 Å². The molecule has 2 fully saturated rings. The fraction of sp³-hybridized carbons (Fsp3) is 0.611. The Labute approximate surface area is 127 Å². The van der Waals surface area contributed by atoms with Gasteiger partial charge in [-0.1, -0.05) is 19.1 Å². The van der Waals surface area contributed by atoms with E-state index in [4.69, 9.17) is 0 Å². The highest BCUT2D eigenvalue weighted by molar-refractivity contribution is 5.81. The van der Waals surface area contributed by atoms with Gasteiger partial charge in [-0.15, -0.1) is 0 Å². The second-order valence-electron chi connectivity index (χ2n) is 6.73. The Morgan fingerprint density at radius 2 is 1.81 bits per heavy atom. The van der Waals surface area contributed by atoms with Gasteiger partial charge in [0.05, 0.1) is 0 Å². The molecule has 1 aliphatic carbocycles. The predicted molar refractivity (Wildman–Crippen MR) is 86.3 cm³/mol. The topological polar surface area (TPSA) is 23.6 Å². The van der Waals surface area contributed by atoms with Gasteiger partial charge in [0.15, 0.2) is 0 Å². The third-order valence-corrected chi connectivity index (χ3v) is 4.88. The van der Waals surface area contributed by atoms with Crippen LogP contribution in [0.4, 0.5) is 5.69 Å². The van der Waals surface area contributed by atoms with Crippen LogP contribution < -0.4 is 4.90 Å². The molecule has 1 heterocycles. The van der Waals surface area contributed by atoms with Crippen LogP contribution in [0.5, 0.6) is 0 Å². The second-order valence-corrected chi connectivity index (χ2v) is 6.73. The highest BCUT2D eigenvalue weighted by atomic mass is 16.2. The summed E-state index contributed by atoms with van der Waals surface area (Å²) in [5, 5.41) is 0. The van der Waals surface area contributed by atoms with E-state index in [1.807, 2.05) is 11.9 Å². The molecule has 3 heteroatoms. The summed E-state index contributed by atoms with van der Waals surface area (Å²) in [5.41, 5.74) is 2.54. The molecule has 0 bridgehead atoms. The highest BCUT2D eigenvalue weighted by Gasteiger charge is 2.40. The van der Waals surface area contributed by atoms with Crippen molar-refractivity contribution in [2.45, 2.75) is 39.2 Å². The Balaban J connectivity index is 1.57. The van der Waals surface area contributed by atoms with E-state index in [1.165, 1.54) is 43.6 Å². The maximum absolute atomic E-state index is 12.2. The van der Waals surface area contributed by atoms with E-state index in [1.54, 1.807) is 0 Å². The van der Waals surface area contributed by atoms with Crippen LogP contribution in [0.25, 0.3) is 0 Å². The predicted octanol–water partition coefficient (Wildman–Crippen LogP) is 3.29. The Bertz CT molecular complexity index is 490. The third-order valence-electron chi connectivity index (χ3n) is 4.88. The van der Waals surface area contributed by atoms with E-state index in [9.17, 15) is 4.79 Å². The number of hydrogen-bond acceptors (Lipinski definition) is 2. The lowest BCUT2D eigenvalue weighted by atomic mass is 10.1. The zero-order valence-corrected chi connectivity index (χ0v) is 13.2. The smallest absolute Gasteiger partial charge is 0.226 e. The number of nitrogens with zero attached hydrogens (tertiary/aromatic N) is 2. The van der Waals surface area contributed by atoms with Gasteiger partial charge in [-0.3, -0.25) is 4.79 Å². The molecule has 2 unspecified atom stereocenters. The van der Waals surface area contributed by atoms with Crippen LogP contribution in [0.1, 0.15) is 38.2 Å². The van der Waals surface area contributed by atoms with E-state index < -0.39 is 0 Å². The van der Waals surface area contributed by atoms with Gasteiger partial charge in [0, 0.05) is 38.3 Å². The molecular weight excluding hydrogens is 260 g/mol. The van der Waals surface area contributed by atoms with Crippen LogP contribution >= 0.6 is 0 Å². The molecule has 0 aromatic heterocycles. The van der Waals surface area contributed by atoms with Crippen LogP contribution in [0.3, 0.4) is 0 Å². The fourth-order valence-corrected chi connectivity index (χ4v) is 3.27. The Morgan fingerprint density at radius 3 is 2.38 bits per heavy atom. The normalized spacial score (nSPS) is 24.8. The first-order valence-electron chi connectivity index (χ1n) is 8.24. The van der Waals surface area contributed by atoms with Gasteiger partial charge in [-0.05, 0) is 49.3 Å². The van der Waals surface area contributed by atoms with E-state index >= 15 is 0 Å². The summed E-state index contributed by atoms with van der Waals surface area (Å²) in [5.74, 6) is 1.17. The Kier molecular flexibility index (Phi) is 4.18. The van der Waals surface area contributed by atoms with E-state index in [-0.39, 0.29) is 5.92 Å². The molecule has 1 amide bonds. The van der Waals surface area contributed by atoms with Crippen molar-refractivity contribution in [1.29, 1.82) is 0 Å². The monoisotopic (exact) mass is 286 g/mol. The summed E-state index contributed by atoms with van der Waals surface area (Å²) < 4.78 is 0. The lowest BCUT2D eigenvalue weighted by molar-refractivity contribution is -0.132. The third kappa shape index (κ3) is 3.39. The molecule has 1 aromatic carbocycles. The SMILES string of the molecule is CC1CC1C(=O)N(C)Cc1ccc(N2CCCCC2)cc1. The van der Waals surface area contributed by atoms with Crippen molar-refractivity contribution in [3.8, 4) is 0 Å². The van der Waals surface area contributed by atoms with Gasteiger partial charge in [0.25, 0.3) is 0 Å². The molecule has 2 atom stereocenters. The van der Waals surface area contributed by atoms with Crippen molar-refractivity contribution in [3.05, 3.63) is 29.8 Å². The molecule has 3 rings (SSSR count). The number of rotatable bonds is 4. The summed E-state index contributed by atoms with van der Waals surface area (Å²) >= 11 is 0. The molecule has 3 nitrogen and oxygen atoms in total. The van der Waals surface area contributed by atoms with Gasteiger partial charge in [0.1, 0.15) is 0 Å². The Hall–Kier alpha value is -1.51. The van der Waals surface area contributed by atoms with Crippen LogP contribution in [0.15, 0.2) is 24.3 Å². The summed E-state index contributed by atoms with van der Waals surface area (Å²) in [6, 6.07) is 8.76. The quantitative estimate of drug-likeness (QED) is 0.848. The van der Waals surface area contributed by atoms with Gasteiger partial charge in [0.2, 0.25) is 5.91 Å². The van der Waals surface area contributed by atoms with Crippen LogP contribution in [0.2, 0.25) is 0 Å². The summed E-state index contributed by atoms with van der Waals surface area (Å²) in [4.78, 5) is 16.5.